The minimum atomic E-state index is 0.127. The van der Waals surface area contributed by atoms with Crippen molar-refractivity contribution in [2.24, 2.45) is 0 Å². The second-order valence-electron chi connectivity index (χ2n) is 5.30. The number of hydrogen-bond acceptors (Lipinski definition) is 5. The zero-order valence-electron chi connectivity index (χ0n) is 11.5. The van der Waals surface area contributed by atoms with Crippen LogP contribution in [0.25, 0.3) is 0 Å². The van der Waals surface area contributed by atoms with E-state index >= 15 is 0 Å². The van der Waals surface area contributed by atoms with Crippen LogP contribution in [0.3, 0.4) is 0 Å². The molecule has 110 valence electrons. The maximum absolute atomic E-state index is 11.9. The van der Waals surface area contributed by atoms with E-state index in [9.17, 15) is 4.79 Å². The SMILES string of the molecule is O=C(CN1CCN(CCO)CC1)NC1CCOCC1. The first-order valence-corrected chi connectivity index (χ1v) is 7.20. The fourth-order valence-electron chi connectivity index (χ4n) is 2.63. The van der Waals surface area contributed by atoms with Crippen molar-refractivity contribution in [3.63, 3.8) is 0 Å². The van der Waals surface area contributed by atoms with E-state index in [4.69, 9.17) is 9.84 Å². The highest BCUT2D eigenvalue weighted by atomic mass is 16.5. The molecule has 0 atom stereocenters. The van der Waals surface area contributed by atoms with E-state index < -0.39 is 0 Å². The van der Waals surface area contributed by atoms with Gasteiger partial charge in [-0.3, -0.25) is 14.6 Å². The highest BCUT2D eigenvalue weighted by Gasteiger charge is 2.20. The third-order valence-corrected chi connectivity index (χ3v) is 3.83. The first-order chi connectivity index (χ1) is 9.28. The molecule has 2 heterocycles. The standard InChI is InChI=1S/C13H25N3O3/c17-8-7-15-3-5-16(6-4-15)11-13(18)14-12-1-9-19-10-2-12/h12,17H,1-11H2,(H,14,18). The van der Waals surface area contributed by atoms with Crippen molar-refractivity contribution in [3.8, 4) is 0 Å². The molecule has 0 aliphatic carbocycles. The zero-order valence-corrected chi connectivity index (χ0v) is 11.5. The molecule has 2 aliphatic heterocycles. The number of aliphatic hydroxyl groups excluding tert-OH is 1. The van der Waals surface area contributed by atoms with Crippen LogP contribution in [0.15, 0.2) is 0 Å². The Morgan fingerprint density at radius 3 is 2.42 bits per heavy atom. The van der Waals surface area contributed by atoms with Crippen molar-refractivity contribution in [3.05, 3.63) is 0 Å². The van der Waals surface area contributed by atoms with Crippen LogP contribution in [-0.2, 0) is 9.53 Å². The lowest BCUT2D eigenvalue weighted by molar-refractivity contribution is -0.124. The fraction of sp³-hybridized carbons (Fsp3) is 0.923. The average Bonchev–Trinajstić information content (AvgIpc) is 2.42. The van der Waals surface area contributed by atoms with Crippen molar-refractivity contribution in [2.45, 2.75) is 18.9 Å². The van der Waals surface area contributed by atoms with Gasteiger partial charge in [0, 0.05) is 52.0 Å². The van der Waals surface area contributed by atoms with E-state index in [0.29, 0.717) is 6.54 Å². The van der Waals surface area contributed by atoms with Gasteiger partial charge in [0.1, 0.15) is 0 Å². The van der Waals surface area contributed by atoms with Gasteiger partial charge < -0.3 is 15.2 Å². The van der Waals surface area contributed by atoms with Gasteiger partial charge in [-0.25, -0.2) is 0 Å². The number of amides is 1. The lowest BCUT2D eigenvalue weighted by Gasteiger charge is -2.34. The topological polar surface area (TPSA) is 65.0 Å². The highest BCUT2D eigenvalue weighted by Crippen LogP contribution is 2.06. The molecular formula is C13H25N3O3. The van der Waals surface area contributed by atoms with Crippen LogP contribution in [0.1, 0.15) is 12.8 Å². The Morgan fingerprint density at radius 1 is 1.16 bits per heavy atom. The van der Waals surface area contributed by atoms with Crippen LogP contribution >= 0.6 is 0 Å². The number of carbonyl (C=O) groups excluding carboxylic acids is 1. The summed E-state index contributed by atoms with van der Waals surface area (Å²) >= 11 is 0. The van der Waals surface area contributed by atoms with E-state index in [1.54, 1.807) is 0 Å². The summed E-state index contributed by atoms with van der Waals surface area (Å²) in [5, 5.41) is 12.0. The number of rotatable bonds is 5. The number of β-amino-alcohol motifs (C(OH)–C–C–N with tert-alkyl or cyclic N) is 1. The summed E-state index contributed by atoms with van der Waals surface area (Å²) in [5.74, 6) is 0.127. The maximum atomic E-state index is 11.9. The van der Waals surface area contributed by atoms with Gasteiger partial charge >= 0.3 is 0 Å². The first kappa shape index (κ1) is 14.7. The molecule has 2 rings (SSSR count). The van der Waals surface area contributed by atoms with Crippen molar-refractivity contribution in [2.75, 3.05) is 59.1 Å². The largest absolute Gasteiger partial charge is 0.395 e. The summed E-state index contributed by atoms with van der Waals surface area (Å²) in [7, 11) is 0. The molecule has 0 radical (unpaired) electrons. The van der Waals surface area contributed by atoms with E-state index in [1.807, 2.05) is 0 Å². The van der Waals surface area contributed by atoms with Crippen LogP contribution in [0.2, 0.25) is 0 Å². The Bertz CT molecular complexity index is 274. The third-order valence-electron chi connectivity index (χ3n) is 3.83. The molecule has 0 saturated carbocycles. The molecule has 0 aromatic carbocycles. The predicted molar refractivity (Wildman–Crippen MR) is 71.9 cm³/mol. The molecule has 6 heteroatoms. The summed E-state index contributed by atoms with van der Waals surface area (Å²) in [6.07, 6.45) is 1.85. The molecule has 0 spiro atoms. The Labute approximate surface area is 114 Å². The fourth-order valence-corrected chi connectivity index (χ4v) is 2.63. The normalized spacial score (nSPS) is 23.4. The Hall–Kier alpha value is -0.690. The minimum absolute atomic E-state index is 0.127. The summed E-state index contributed by atoms with van der Waals surface area (Å²) in [4.78, 5) is 16.4. The van der Waals surface area contributed by atoms with Crippen molar-refractivity contribution < 1.29 is 14.6 Å². The second-order valence-corrected chi connectivity index (χ2v) is 5.30. The summed E-state index contributed by atoms with van der Waals surface area (Å²) in [5.41, 5.74) is 0. The maximum Gasteiger partial charge on any atom is 0.234 e. The highest BCUT2D eigenvalue weighted by molar-refractivity contribution is 5.78. The molecule has 19 heavy (non-hydrogen) atoms. The average molecular weight is 271 g/mol. The van der Waals surface area contributed by atoms with E-state index in [1.165, 1.54) is 0 Å². The van der Waals surface area contributed by atoms with Crippen molar-refractivity contribution in [1.82, 2.24) is 15.1 Å². The van der Waals surface area contributed by atoms with E-state index in [2.05, 4.69) is 15.1 Å². The van der Waals surface area contributed by atoms with Crippen molar-refractivity contribution >= 4 is 5.91 Å². The number of ether oxygens (including phenoxy) is 1. The molecule has 0 unspecified atom stereocenters. The Balaban J connectivity index is 1.63. The summed E-state index contributed by atoms with van der Waals surface area (Å²) < 4.78 is 5.28. The van der Waals surface area contributed by atoms with Gasteiger partial charge in [-0.05, 0) is 12.8 Å². The van der Waals surface area contributed by atoms with Crippen LogP contribution in [0.4, 0.5) is 0 Å². The van der Waals surface area contributed by atoms with Gasteiger partial charge in [0.25, 0.3) is 0 Å². The zero-order chi connectivity index (χ0) is 13.5. The number of aliphatic hydroxyl groups is 1. The third kappa shape index (κ3) is 5.06. The Morgan fingerprint density at radius 2 is 1.79 bits per heavy atom. The van der Waals surface area contributed by atoms with Gasteiger partial charge in [-0.2, -0.15) is 0 Å². The summed E-state index contributed by atoms with van der Waals surface area (Å²) in [6, 6.07) is 0.289. The molecule has 6 nitrogen and oxygen atoms in total. The molecule has 0 aromatic heterocycles. The van der Waals surface area contributed by atoms with E-state index in [-0.39, 0.29) is 18.6 Å². The molecule has 0 bridgehead atoms. The van der Waals surface area contributed by atoms with Gasteiger partial charge in [0.2, 0.25) is 5.91 Å². The van der Waals surface area contributed by atoms with Gasteiger partial charge in [0.15, 0.2) is 0 Å². The van der Waals surface area contributed by atoms with Crippen LogP contribution in [0, 0.1) is 0 Å². The molecule has 2 aliphatic rings. The Kier molecular flexibility index (Phi) is 6.03. The number of carbonyl (C=O) groups is 1. The molecular weight excluding hydrogens is 246 g/mol. The molecule has 0 aromatic rings. The summed E-state index contributed by atoms with van der Waals surface area (Å²) in [6.45, 7) is 6.63. The number of nitrogens with zero attached hydrogens (tertiary/aromatic N) is 2. The van der Waals surface area contributed by atoms with Crippen LogP contribution in [-0.4, -0.2) is 85.9 Å². The van der Waals surface area contributed by atoms with Crippen LogP contribution in [0.5, 0.6) is 0 Å². The molecule has 2 N–H and O–H groups in total. The minimum Gasteiger partial charge on any atom is -0.395 e. The lowest BCUT2D eigenvalue weighted by Crippen LogP contribution is -2.51. The van der Waals surface area contributed by atoms with Crippen LogP contribution < -0.4 is 5.32 Å². The number of hydrogen-bond donors (Lipinski definition) is 2. The smallest absolute Gasteiger partial charge is 0.234 e. The molecule has 2 saturated heterocycles. The number of nitrogens with one attached hydrogen (secondary N) is 1. The van der Waals surface area contributed by atoms with Gasteiger partial charge in [0.05, 0.1) is 13.2 Å². The molecule has 1 amide bonds. The monoisotopic (exact) mass is 271 g/mol. The quantitative estimate of drug-likeness (QED) is 0.664. The van der Waals surface area contributed by atoms with Crippen molar-refractivity contribution in [1.29, 1.82) is 0 Å². The van der Waals surface area contributed by atoms with E-state index in [0.717, 1.165) is 58.8 Å². The van der Waals surface area contributed by atoms with Gasteiger partial charge in [-0.15, -0.1) is 0 Å². The number of piperazine rings is 1. The lowest BCUT2D eigenvalue weighted by atomic mass is 10.1. The second kappa shape index (κ2) is 7.79. The first-order valence-electron chi connectivity index (χ1n) is 7.20. The molecule has 2 fully saturated rings. The predicted octanol–water partition coefficient (Wildman–Crippen LogP) is -1.11. The van der Waals surface area contributed by atoms with Gasteiger partial charge in [-0.1, -0.05) is 0 Å².